The Morgan fingerprint density at radius 3 is 1.90 bits per heavy atom. The number of primary amides is 1. The minimum absolute atomic E-state index is 0.0138. The Kier molecular flexibility index (Phi) is 32.6. The standard InChI is InChI=1S/C67H93N17O17S2/c1-36(2)57-66(101)81-49(30-38-13-17-42(87)18-14-38)61(96)77-45(9-5-26-73-67(70)71)58(93)72-27-24-54(89)76-46(19-21-53(69)88)60(95)79-50(31-39-32-74-44-8-4-3-7-43(39)44)63(98)78-47(20-22-56(91)92)59(94)75-40(33-85)34-102-103-35-51(64(99)83-57)82-62(97)48(29-37-11-15-41(86)16-12-37)80-65(100)52-10-6-28-84(52)55(90)23-25-68/h3-4,7-8,11-18,32,36,40,45-52,57,74,85-87H,5-6,9-10,19-31,33-35,68H2,1-2H3,(H2,69,88)(H,72,93)(H,75,94)(H,76,89)(H,77,96)(H,78,98)(H,79,95)(H,80,100)(H,81,101)(H,82,97)(H,83,99)(H,91,92)(H4,70,71,73)/t40?,45-,46-,47-,48-,49-,50-,51-,52-,57-/m0/s1. The number of aromatic hydroxyl groups is 2. The van der Waals surface area contributed by atoms with Gasteiger partial charge in [0.1, 0.15) is 65.9 Å². The van der Waals surface area contributed by atoms with Crippen molar-refractivity contribution in [3.8, 4) is 11.5 Å². The molecule has 1 aromatic heterocycles. The number of rotatable bonds is 24. The summed E-state index contributed by atoms with van der Waals surface area (Å²) in [6, 6.07) is 3.93. The van der Waals surface area contributed by atoms with E-state index in [0.29, 0.717) is 34.0 Å². The number of guanidine groups is 1. The zero-order valence-electron chi connectivity index (χ0n) is 57.1. The fourth-order valence-electron chi connectivity index (χ4n) is 11.3. The highest BCUT2D eigenvalue weighted by Gasteiger charge is 2.39. The number of aliphatic carboxylic acids is 1. The van der Waals surface area contributed by atoms with Crippen LogP contribution in [0.1, 0.15) is 94.7 Å². The van der Waals surface area contributed by atoms with E-state index in [9.17, 15) is 78.0 Å². The molecule has 2 saturated heterocycles. The van der Waals surface area contributed by atoms with Crippen molar-refractivity contribution in [3.63, 3.8) is 0 Å². The number of carboxylic acids is 1. The highest BCUT2D eigenvalue weighted by atomic mass is 33.1. The van der Waals surface area contributed by atoms with Gasteiger partial charge >= 0.3 is 5.97 Å². The predicted molar refractivity (Wildman–Crippen MR) is 381 cm³/mol. The molecule has 0 spiro atoms. The number of hydrogen-bond acceptors (Lipinski definition) is 20. The molecule has 10 atom stereocenters. The van der Waals surface area contributed by atoms with Gasteiger partial charge in [0.05, 0.1) is 12.6 Å². The van der Waals surface area contributed by atoms with Gasteiger partial charge in [-0.25, -0.2) is 0 Å². The Labute approximate surface area is 601 Å². The summed E-state index contributed by atoms with van der Waals surface area (Å²) in [4.78, 5) is 191. The molecule has 36 heteroatoms. The van der Waals surface area contributed by atoms with Gasteiger partial charge in [-0.3, -0.25) is 67.3 Å². The molecule has 560 valence electrons. The number of benzene rings is 3. The largest absolute Gasteiger partial charge is 0.508 e. The maximum absolute atomic E-state index is 15.0. The van der Waals surface area contributed by atoms with Crippen molar-refractivity contribution in [1.82, 2.24) is 63.1 Å². The van der Waals surface area contributed by atoms with Gasteiger partial charge < -0.3 is 106 Å². The average Bonchev–Trinajstić information content (AvgIpc) is 1.76. The fourth-order valence-corrected chi connectivity index (χ4v) is 13.7. The summed E-state index contributed by atoms with van der Waals surface area (Å²) in [5.74, 6) is -13.4. The fraction of sp³-hybridized carbons (Fsp3) is 0.493. The molecular weight excluding hydrogens is 1380 g/mol. The first-order valence-corrected chi connectivity index (χ1v) is 36.1. The molecule has 103 heavy (non-hydrogen) atoms. The number of carboxylic acid groups (broad SMARTS) is 1. The van der Waals surface area contributed by atoms with Gasteiger partial charge in [-0.05, 0) is 91.5 Å². The highest BCUT2D eigenvalue weighted by molar-refractivity contribution is 8.76. The van der Waals surface area contributed by atoms with E-state index in [4.69, 9.17) is 22.9 Å². The molecule has 2 aliphatic heterocycles. The second-order valence-electron chi connectivity index (χ2n) is 25.2. The third kappa shape index (κ3) is 26.6. The SMILES string of the molecule is CC(C)[C@@H]1NC(=O)[C@@H](NC(=O)[C@H](Cc2ccc(O)cc2)NC(=O)[C@@H]2CCCN2C(=O)CCN)CSSCC(CO)NC(=O)[C@H](CCC(=O)O)NC(=O)[C@H](Cc2c[nH]c3ccccc23)NC(=O)[C@H](CCC(N)=O)NC(=O)CCNC(=O)[C@H](CCCN=C(N)N)NC(=O)[C@H](Cc2ccc(O)cc2)NC1=O. The monoisotopic (exact) mass is 1470 g/mol. The number of nitrogens with one attached hydrogen (secondary N) is 11. The third-order valence-corrected chi connectivity index (χ3v) is 19.3. The summed E-state index contributed by atoms with van der Waals surface area (Å²) < 4.78 is 0. The Bertz CT molecular complexity index is 3650. The quantitative estimate of drug-likeness (QED) is 0.0144. The molecule has 1 unspecified atom stereocenters. The second-order valence-corrected chi connectivity index (χ2v) is 27.7. The van der Waals surface area contributed by atoms with E-state index in [0.717, 1.165) is 21.6 Å². The van der Waals surface area contributed by atoms with Crippen LogP contribution in [0.2, 0.25) is 0 Å². The number of aliphatic hydroxyl groups excluding tert-OH is 1. The summed E-state index contributed by atoms with van der Waals surface area (Å²) in [6.07, 6.45) is -1.04. The first-order chi connectivity index (χ1) is 49.1. The molecule has 12 amide bonds. The lowest BCUT2D eigenvalue weighted by atomic mass is 10.00. The molecule has 2 aliphatic rings. The van der Waals surface area contributed by atoms with E-state index < -0.39 is 183 Å². The van der Waals surface area contributed by atoms with E-state index in [2.05, 4.69) is 63.1 Å². The Morgan fingerprint density at radius 2 is 1.26 bits per heavy atom. The summed E-state index contributed by atoms with van der Waals surface area (Å²) in [5, 5.41) is 67.9. The molecule has 3 heterocycles. The number of carbonyl (C=O) groups excluding carboxylic acids is 12. The zero-order valence-corrected chi connectivity index (χ0v) is 58.7. The number of H-pyrrole nitrogens is 1. The zero-order chi connectivity index (χ0) is 75.3. The number of amides is 12. The van der Waals surface area contributed by atoms with Crippen molar-refractivity contribution in [2.45, 2.75) is 158 Å². The lowest BCUT2D eigenvalue weighted by molar-refractivity contribution is -0.139. The van der Waals surface area contributed by atoms with Crippen LogP contribution in [-0.4, -0.2) is 218 Å². The number of aromatic amines is 1. The van der Waals surface area contributed by atoms with Gasteiger partial charge in [-0.2, -0.15) is 0 Å². The molecule has 4 aromatic rings. The molecular formula is C67H93N17O17S2. The number of carbonyl (C=O) groups is 13. The van der Waals surface area contributed by atoms with E-state index >= 15 is 4.79 Å². The highest BCUT2D eigenvalue weighted by Crippen LogP contribution is 2.26. The minimum atomic E-state index is -1.64. The molecule has 23 N–H and O–H groups in total. The van der Waals surface area contributed by atoms with Crippen molar-refractivity contribution in [1.29, 1.82) is 0 Å². The van der Waals surface area contributed by atoms with Crippen LogP contribution in [0.3, 0.4) is 0 Å². The number of fused-ring (bicyclic) bond motifs is 1. The van der Waals surface area contributed by atoms with Crippen molar-refractivity contribution < 1.29 is 82.8 Å². The molecule has 0 bridgehead atoms. The number of phenols is 2. The maximum Gasteiger partial charge on any atom is 0.303 e. The third-order valence-electron chi connectivity index (χ3n) is 16.9. The summed E-state index contributed by atoms with van der Waals surface area (Å²) in [7, 11) is 1.92. The first-order valence-electron chi connectivity index (χ1n) is 33.6. The van der Waals surface area contributed by atoms with E-state index in [1.165, 1.54) is 53.4 Å². The Hall–Kier alpha value is -10.2. The van der Waals surface area contributed by atoms with Gasteiger partial charge in [0.15, 0.2) is 5.96 Å². The number of nitrogens with zero attached hydrogens (tertiary/aromatic N) is 2. The van der Waals surface area contributed by atoms with Crippen molar-refractivity contribution >= 4 is 115 Å². The van der Waals surface area contributed by atoms with E-state index in [1.807, 2.05) is 0 Å². The Morgan fingerprint density at radius 1 is 0.670 bits per heavy atom. The van der Waals surface area contributed by atoms with Gasteiger partial charge in [0.2, 0.25) is 70.9 Å². The lowest BCUT2D eigenvalue weighted by Gasteiger charge is -2.29. The van der Waals surface area contributed by atoms with Crippen molar-refractivity contribution in [2.24, 2.45) is 33.8 Å². The van der Waals surface area contributed by atoms with Gasteiger partial charge in [0.25, 0.3) is 0 Å². The van der Waals surface area contributed by atoms with Crippen LogP contribution in [0.15, 0.2) is 84.0 Å². The van der Waals surface area contributed by atoms with Crippen molar-refractivity contribution in [2.75, 3.05) is 44.3 Å². The van der Waals surface area contributed by atoms with Crippen molar-refractivity contribution in [3.05, 3.63) is 95.7 Å². The predicted octanol–water partition coefficient (Wildman–Crippen LogP) is -2.96. The number of likely N-dealkylation sites (tertiary alicyclic amines) is 1. The van der Waals surface area contributed by atoms with Crippen LogP contribution < -0.4 is 76.1 Å². The molecule has 6 rings (SSSR count). The van der Waals surface area contributed by atoms with Gasteiger partial charge in [-0.1, -0.05) is 77.9 Å². The minimum Gasteiger partial charge on any atom is -0.508 e. The molecule has 0 radical (unpaired) electrons. The number of aliphatic imine (C=N–C) groups is 1. The molecule has 2 fully saturated rings. The summed E-state index contributed by atoms with van der Waals surface area (Å²) in [5.41, 5.74) is 24.3. The van der Waals surface area contributed by atoms with E-state index in [-0.39, 0.29) is 99.5 Å². The molecule has 3 aromatic carbocycles. The van der Waals surface area contributed by atoms with Crippen LogP contribution in [0.25, 0.3) is 10.9 Å². The first kappa shape index (κ1) is 81.8. The topological polar surface area (TPSA) is 559 Å². The number of para-hydroxylation sites is 1. The van der Waals surface area contributed by atoms with E-state index in [1.54, 1.807) is 44.3 Å². The van der Waals surface area contributed by atoms with Gasteiger partial charge in [0, 0.05) is 99.7 Å². The lowest BCUT2D eigenvalue weighted by Crippen LogP contribution is -2.61. The maximum atomic E-state index is 15.0. The van der Waals surface area contributed by atoms with Crippen LogP contribution >= 0.6 is 21.6 Å². The Balaban J connectivity index is 1.40. The summed E-state index contributed by atoms with van der Waals surface area (Å²) >= 11 is 0. The number of nitrogens with two attached hydrogens (primary N) is 4. The van der Waals surface area contributed by atoms with Crippen LogP contribution in [0.5, 0.6) is 11.5 Å². The summed E-state index contributed by atoms with van der Waals surface area (Å²) in [6.45, 7) is 2.24. The van der Waals surface area contributed by atoms with Gasteiger partial charge in [-0.15, -0.1) is 0 Å². The number of hydrogen-bond donors (Lipinski definition) is 19. The second kappa shape index (κ2) is 41.0. The smallest absolute Gasteiger partial charge is 0.303 e. The van der Waals surface area contributed by atoms with Crippen LogP contribution in [-0.2, 0) is 81.6 Å². The average molecular weight is 1470 g/mol. The van der Waals surface area contributed by atoms with Crippen LogP contribution in [0.4, 0.5) is 0 Å². The molecule has 0 saturated carbocycles. The molecule has 0 aliphatic carbocycles. The number of aliphatic hydroxyl groups is 1. The molecule has 34 nitrogen and oxygen atoms in total. The number of phenolic OH excluding ortho intramolecular Hbond substituents is 2. The van der Waals surface area contributed by atoms with Crippen LogP contribution in [0, 0.1) is 5.92 Å². The normalized spacial score (nSPS) is 22.3. The number of aromatic nitrogens is 1.